The van der Waals surface area contributed by atoms with E-state index in [-0.39, 0.29) is 6.61 Å². The highest BCUT2D eigenvalue weighted by atomic mass is 28.3. The molecule has 0 unspecified atom stereocenters. The van der Waals surface area contributed by atoms with E-state index in [1.807, 2.05) is 12.1 Å². The minimum atomic E-state index is -0.984. The number of carboxylic acids is 1. The summed E-state index contributed by atoms with van der Waals surface area (Å²) in [5, 5.41) is 20.7. The van der Waals surface area contributed by atoms with Crippen molar-refractivity contribution in [3.05, 3.63) is 59.7 Å². The van der Waals surface area contributed by atoms with Gasteiger partial charge in [0.25, 0.3) is 0 Å². The molecule has 0 saturated carbocycles. The third-order valence-corrected chi connectivity index (χ3v) is 14.0. The van der Waals surface area contributed by atoms with Gasteiger partial charge in [-0.25, -0.2) is 4.79 Å². The van der Waals surface area contributed by atoms with Crippen LogP contribution in [0.1, 0.15) is 71.3 Å². The first-order valence-corrected chi connectivity index (χ1v) is 15.3. The van der Waals surface area contributed by atoms with E-state index in [1.54, 1.807) is 12.1 Å². The predicted octanol–water partition coefficient (Wildman–Crippen LogP) is 5.07. The number of carboxylic acid groups (broad SMARTS) is 1. The highest BCUT2D eigenvalue weighted by molar-refractivity contribution is 6.76. The number of aromatic carboxylic acids is 1. The maximum absolute atomic E-state index is 10.8. The van der Waals surface area contributed by atoms with E-state index < -0.39 is 23.6 Å². The van der Waals surface area contributed by atoms with Crippen LogP contribution in [0.2, 0.25) is 22.2 Å². The average Bonchev–Trinajstić information content (AvgIpc) is 2.68. The molecule has 0 fully saturated rings. The van der Waals surface area contributed by atoms with Gasteiger partial charge in [-0.2, -0.15) is 0 Å². The molecule has 2 N–H and O–H groups in total. The molecule has 0 saturated heterocycles. The molecule has 2 aromatic carbocycles. The van der Waals surface area contributed by atoms with Gasteiger partial charge in [0.15, 0.2) is 0 Å². The Morgan fingerprint density at radius 2 is 1.00 bits per heavy atom. The van der Waals surface area contributed by atoms with Crippen molar-refractivity contribution in [2.24, 2.45) is 0 Å². The van der Waals surface area contributed by atoms with Gasteiger partial charge in [-0.05, 0) is 39.9 Å². The van der Waals surface area contributed by atoms with E-state index in [9.17, 15) is 4.79 Å². The van der Waals surface area contributed by atoms with Crippen molar-refractivity contribution >= 4 is 33.9 Å². The smallest absolute Gasteiger partial charge is 0.335 e. The van der Waals surface area contributed by atoms with E-state index in [0.29, 0.717) is 16.6 Å². The maximum Gasteiger partial charge on any atom is 0.335 e. The summed E-state index contributed by atoms with van der Waals surface area (Å²) < 4.78 is 0. The summed E-state index contributed by atoms with van der Waals surface area (Å²) in [4.78, 5) is 10.8. The zero-order valence-corrected chi connectivity index (χ0v) is 22.9. The summed E-state index contributed by atoms with van der Waals surface area (Å²) in [6.45, 7) is 18.5. The summed E-state index contributed by atoms with van der Waals surface area (Å²) in [5.74, 6) is -0.848. The first-order chi connectivity index (χ1) is 14.5. The average molecular weight is 459 g/mol. The third-order valence-electron chi connectivity index (χ3n) is 5.96. The van der Waals surface area contributed by atoms with Crippen molar-refractivity contribution in [1.29, 1.82) is 0 Å². The molecule has 5 heteroatoms. The third kappa shape index (κ3) is 8.39. The normalized spacial score (nSPS) is 11.6. The Hall–Kier alpha value is -1.70. The highest BCUT2D eigenvalue weighted by Gasteiger charge is 2.22. The summed E-state index contributed by atoms with van der Waals surface area (Å²) in [6, 6.07) is 16.0. The standard InChI is InChI=1S/C13H20O2Si.C13H22OSi/c1-9(2)16(10(3)4)12-7-5-11(6-8-12)13(14)15;1-10(2)15(11(3)4)13-7-5-12(9-14)6-8-13/h5-10,16H,1-4H3,(H,14,15);5-8,10-11,14-15H,9H2,1-4H3. The molecule has 0 aromatic heterocycles. The maximum atomic E-state index is 10.8. The minimum absolute atomic E-state index is 0.149. The number of benzene rings is 2. The number of hydrogen-bond acceptors (Lipinski definition) is 2. The van der Waals surface area contributed by atoms with Crippen LogP contribution in [-0.4, -0.2) is 33.8 Å². The van der Waals surface area contributed by atoms with Crippen molar-refractivity contribution in [3.63, 3.8) is 0 Å². The van der Waals surface area contributed by atoms with Crippen molar-refractivity contribution in [1.82, 2.24) is 0 Å². The van der Waals surface area contributed by atoms with Gasteiger partial charge >= 0.3 is 5.97 Å². The van der Waals surface area contributed by atoms with Crippen molar-refractivity contribution < 1.29 is 15.0 Å². The van der Waals surface area contributed by atoms with E-state index >= 15 is 0 Å². The molecule has 0 bridgehead atoms. The van der Waals surface area contributed by atoms with Gasteiger partial charge in [0, 0.05) is 0 Å². The molecule has 0 heterocycles. The van der Waals surface area contributed by atoms with Crippen LogP contribution in [0.3, 0.4) is 0 Å². The zero-order chi connectivity index (χ0) is 23.7. The van der Waals surface area contributed by atoms with Gasteiger partial charge in [0.1, 0.15) is 0 Å². The van der Waals surface area contributed by atoms with Crippen LogP contribution < -0.4 is 10.4 Å². The van der Waals surface area contributed by atoms with Crippen LogP contribution in [0.5, 0.6) is 0 Å². The highest BCUT2D eigenvalue weighted by Crippen LogP contribution is 2.21. The van der Waals surface area contributed by atoms with Crippen molar-refractivity contribution in [2.75, 3.05) is 0 Å². The zero-order valence-electron chi connectivity index (χ0n) is 20.6. The summed E-state index contributed by atoms with van der Waals surface area (Å²) in [6.07, 6.45) is 0. The fourth-order valence-corrected chi connectivity index (χ4v) is 12.2. The Labute approximate surface area is 192 Å². The van der Waals surface area contributed by atoms with E-state index in [2.05, 4.69) is 79.7 Å². The molecule has 0 spiro atoms. The molecule has 172 valence electrons. The molecule has 2 aromatic rings. The fourth-order valence-electron chi connectivity index (χ4n) is 4.77. The van der Waals surface area contributed by atoms with Crippen LogP contribution in [-0.2, 0) is 6.61 Å². The predicted molar refractivity (Wildman–Crippen MR) is 140 cm³/mol. The summed E-state index contributed by atoms with van der Waals surface area (Å²) in [7, 11) is -1.84. The molecule has 0 aliphatic heterocycles. The van der Waals surface area contributed by atoms with Crippen molar-refractivity contribution in [3.8, 4) is 0 Å². The number of carbonyl (C=O) groups is 1. The molecule has 0 aliphatic carbocycles. The van der Waals surface area contributed by atoms with Gasteiger partial charge in [-0.1, -0.05) is 102 Å². The summed E-state index contributed by atoms with van der Waals surface area (Å²) >= 11 is 0. The van der Waals surface area contributed by atoms with Crippen LogP contribution in [0.15, 0.2) is 48.5 Å². The number of aliphatic hydroxyl groups excluding tert-OH is 1. The minimum Gasteiger partial charge on any atom is -0.478 e. The van der Waals surface area contributed by atoms with E-state index in [1.165, 1.54) is 10.4 Å². The Bertz CT molecular complexity index is 765. The van der Waals surface area contributed by atoms with Crippen LogP contribution in [0, 0.1) is 0 Å². The lowest BCUT2D eigenvalue weighted by atomic mass is 10.2. The SMILES string of the molecule is CC(C)[SiH](c1ccc(C(=O)O)cc1)C(C)C.CC(C)[SiH](c1ccc(CO)cc1)C(C)C. The number of aliphatic hydroxyl groups is 1. The largest absolute Gasteiger partial charge is 0.478 e. The number of hydrogen-bond donors (Lipinski definition) is 2. The van der Waals surface area contributed by atoms with Gasteiger partial charge in [-0.3, -0.25) is 0 Å². The Morgan fingerprint density at radius 3 is 1.26 bits per heavy atom. The lowest BCUT2D eigenvalue weighted by Gasteiger charge is -2.23. The molecule has 3 nitrogen and oxygen atoms in total. The van der Waals surface area contributed by atoms with Crippen LogP contribution in [0.4, 0.5) is 0 Å². The first kappa shape index (κ1) is 27.3. The Kier molecular flexibility index (Phi) is 11.5. The molecule has 31 heavy (non-hydrogen) atoms. The van der Waals surface area contributed by atoms with E-state index in [0.717, 1.165) is 16.6 Å². The second-order valence-corrected chi connectivity index (χ2v) is 18.6. The Balaban J connectivity index is 0.000000311. The molecular formula is C26H42O3Si2. The van der Waals surface area contributed by atoms with Crippen LogP contribution in [0.25, 0.3) is 0 Å². The Morgan fingerprint density at radius 1 is 0.677 bits per heavy atom. The quantitative estimate of drug-likeness (QED) is 0.543. The van der Waals surface area contributed by atoms with Gasteiger partial charge in [0.2, 0.25) is 0 Å². The lowest BCUT2D eigenvalue weighted by molar-refractivity contribution is 0.0697. The van der Waals surface area contributed by atoms with Crippen LogP contribution >= 0.6 is 0 Å². The fraction of sp³-hybridized carbons (Fsp3) is 0.500. The first-order valence-electron chi connectivity index (χ1n) is 11.5. The topological polar surface area (TPSA) is 57.5 Å². The van der Waals surface area contributed by atoms with Gasteiger partial charge in [0.05, 0.1) is 29.8 Å². The second-order valence-electron chi connectivity index (χ2n) is 9.85. The molecule has 0 amide bonds. The lowest BCUT2D eigenvalue weighted by Crippen LogP contribution is -2.35. The molecule has 2 rings (SSSR count). The van der Waals surface area contributed by atoms with Gasteiger partial charge in [-0.15, -0.1) is 0 Å². The van der Waals surface area contributed by atoms with Gasteiger partial charge < -0.3 is 10.2 Å². The monoisotopic (exact) mass is 458 g/mol. The molecule has 0 radical (unpaired) electrons. The van der Waals surface area contributed by atoms with Crippen molar-refractivity contribution in [2.45, 2.75) is 84.2 Å². The molecular weight excluding hydrogens is 416 g/mol. The number of rotatable bonds is 8. The van der Waals surface area contributed by atoms with E-state index in [4.69, 9.17) is 10.2 Å². The summed E-state index contributed by atoms with van der Waals surface area (Å²) in [5.41, 5.74) is 4.39. The molecule has 0 atom stereocenters. The second kappa shape index (κ2) is 13.0. The molecule has 0 aliphatic rings.